The molecular weight excluding hydrogens is 326 g/mol. The smallest absolute Gasteiger partial charge is 0.252 e. The highest BCUT2D eigenvalue weighted by Crippen LogP contribution is 2.16. The molecule has 26 heavy (non-hydrogen) atoms. The standard InChI is InChI=1S/C20H25N5O/c1-13(17-8-6-5-7-9-17)12-21-19(26)11-10-18-14(2)22-20-23-16(4)24-25(20)15(18)3/h5-9,13H,10-12H2,1-4H3,(H,21,26)/t13-/m0/s1. The van der Waals surface area contributed by atoms with Crippen LogP contribution in [-0.2, 0) is 11.2 Å². The van der Waals surface area contributed by atoms with Crippen LogP contribution in [0.5, 0.6) is 0 Å². The van der Waals surface area contributed by atoms with Crippen molar-refractivity contribution in [3.63, 3.8) is 0 Å². The first-order valence-electron chi connectivity index (χ1n) is 8.96. The second-order valence-electron chi connectivity index (χ2n) is 6.75. The van der Waals surface area contributed by atoms with E-state index < -0.39 is 0 Å². The number of fused-ring (bicyclic) bond motifs is 1. The fraction of sp³-hybridized carbons (Fsp3) is 0.400. The van der Waals surface area contributed by atoms with Gasteiger partial charge in [0.25, 0.3) is 5.78 Å². The van der Waals surface area contributed by atoms with Crippen molar-refractivity contribution < 1.29 is 4.79 Å². The number of benzene rings is 1. The molecule has 0 radical (unpaired) electrons. The summed E-state index contributed by atoms with van der Waals surface area (Å²) in [5.41, 5.74) is 4.20. The number of rotatable bonds is 6. The predicted octanol–water partition coefficient (Wildman–Crippen LogP) is 2.90. The number of carbonyl (C=O) groups is 1. The molecule has 0 bridgehead atoms. The Morgan fingerprint density at radius 1 is 1.15 bits per heavy atom. The first kappa shape index (κ1) is 18.0. The second-order valence-corrected chi connectivity index (χ2v) is 6.75. The van der Waals surface area contributed by atoms with Gasteiger partial charge in [0, 0.05) is 24.4 Å². The van der Waals surface area contributed by atoms with Crippen LogP contribution in [-0.4, -0.2) is 32.0 Å². The number of nitrogens with zero attached hydrogens (tertiary/aromatic N) is 4. The van der Waals surface area contributed by atoms with Gasteiger partial charge in [-0.25, -0.2) is 9.50 Å². The molecule has 0 aliphatic rings. The number of carbonyl (C=O) groups excluding carboxylic acids is 1. The summed E-state index contributed by atoms with van der Waals surface area (Å²) in [5, 5.41) is 7.41. The number of nitrogens with one attached hydrogen (secondary N) is 1. The molecular formula is C20H25N5O. The van der Waals surface area contributed by atoms with E-state index in [-0.39, 0.29) is 5.91 Å². The van der Waals surface area contributed by atoms with Gasteiger partial charge < -0.3 is 5.32 Å². The number of aryl methyl sites for hydroxylation is 3. The van der Waals surface area contributed by atoms with E-state index in [1.54, 1.807) is 4.52 Å². The minimum atomic E-state index is 0.0569. The maximum absolute atomic E-state index is 12.3. The molecule has 3 aromatic rings. The molecule has 0 fully saturated rings. The largest absolute Gasteiger partial charge is 0.355 e. The first-order chi connectivity index (χ1) is 12.5. The van der Waals surface area contributed by atoms with Gasteiger partial charge in [-0.1, -0.05) is 37.3 Å². The lowest BCUT2D eigenvalue weighted by atomic mass is 10.0. The highest BCUT2D eigenvalue weighted by molar-refractivity contribution is 5.76. The molecule has 3 rings (SSSR count). The second kappa shape index (κ2) is 7.64. The molecule has 0 saturated carbocycles. The van der Waals surface area contributed by atoms with Crippen LogP contribution in [0.25, 0.3) is 5.78 Å². The van der Waals surface area contributed by atoms with E-state index in [2.05, 4.69) is 39.4 Å². The zero-order valence-electron chi connectivity index (χ0n) is 15.8. The molecule has 1 atom stereocenters. The van der Waals surface area contributed by atoms with Crippen LogP contribution >= 0.6 is 0 Å². The third-order valence-electron chi connectivity index (χ3n) is 4.73. The van der Waals surface area contributed by atoms with Crippen LogP contribution < -0.4 is 5.32 Å². The van der Waals surface area contributed by atoms with Crippen LogP contribution in [0.3, 0.4) is 0 Å². The fourth-order valence-electron chi connectivity index (χ4n) is 3.16. The molecule has 0 aliphatic carbocycles. The van der Waals surface area contributed by atoms with Crippen LogP contribution in [0.2, 0.25) is 0 Å². The minimum absolute atomic E-state index is 0.0569. The van der Waals surface area contributed by atoms with Crippen LogP contribution in [0.15, 0.2) is 30.3 Å². The minimum Gasteiger partial charge on any atom is -0.355 e. The van der Waals surface area contributed by atoms with Gasteiger partial charge >= 0.3 is 0 Å². The fourth-order valence-corrected chi connectivity index (χ4v) is 3.16. The van der Waals surface area contributed by atoms with Gasteiger partial charge in [-0.2, -0.15) is 10.1 Å². The Labute approximate surface area is 153 Å². The summed E-state index contributed by atoms with van der Waals surface area (Å²) in [7, 11) is 0. The van der Waals surface area contributed by atoms with E-state index in [4.69, 9.17) is 0 Å². The summed E-state index contributed by atoms with van der Waals surface area (Å²) < 4.78 is 1.76. The van der Waals surface area contributed by atoms with Crippen molar-refractivity contribution >= 4 is 11.7 Å². The van der Waals surface area contributed by atoms with Crippen molar-refractivity contribution in [1.29, 1.82) is 0 Å². The molecule has 6 heteroatoms. The first-order valence-corrected chi connectivity index (χ1v) is 8.96. The Morgan fingerprint density at radius 2 is 1.88 bits per heavy atom. The molecule has 0 spiro atoms. The third-order valence-corrected chi connectivity index (χ3v) is 4.73. The van der Waals surface area contributed by atoms with E-state index in [1.165, 1.54) is 5.56 Å². The van der Waals surface area contributed by atoms with E-state index in [9.17, 15) is 4.79 Å². The molecule has 1 N–H and O–H groups in total. The molecule has 1 amide bonds. The Balaban J connectivity index is 1.60. The van der Waals surface area contributed by atoms with Crippen molar-refractivity contribution in [3.8, 4) is 0 Å². The Morgan fingerprint density at radius 3 is 2.62 bits per heavy atom. The predicted molar refractivity (Wildman–Crippen MR) is 101 cm³/mol. The van der Waals surface area contributed by atoms with Crippen molar-refractivity contribution in [2.24, 2.45) is 0 Å². The van der Waals surface area contributed by atoms with E-state index >= 15 is 0 Å². The highest BCUT2D eigenvalue weighted by atomic mass is 16.1. The van der Waals surface area contributed by atoms with E-state index in [0.29, 0.717) is 36.9 Å². The molecule has 136 valence electrons. The van der Waals surface area contributed by atoms with Crippen LogP contribution in [0.1, 0.15) is 47.6 Å². The summed E-state index contributed by atoms with van der Waals surface area (Å²) in [6, 6.07) is 10.2. The third kappa shape index (κ3) is 3.90. The highest BCUT2D eigenvalue weighted by Gasteiger charge is 2.14. The summed E-state index contributed by atoms with van der Waals surface area (Å²) in [4.78, 5) is 21.1. The summed E-state index contributed by atoms with van der Waals surface area (Å²) in [6.45, 7) is 8.57. The van der Waals surface area contributed by atoms with E-state index in [0.717, 1.165) is 17.0 Å². The van der Waals surface area contributed by atoms with Crippen molar-refractivity contribution in [1.82, 2.24) is 24.9 Å². The Bertz CT molecular complexity index is 917. The number of aromatic nitrogens is 4. The zero-order chi connectivity index (χ0) is 18.7. The lowest BCUT2D eigenvalue weighted by Crippen LogP contribution is -2.27. The van der Waals surface area contributed by atoms with Gasteiger partial charge in [-0.3, -0.25) is 4.79 Å². The monoisotopic (exact) mass is 351 g/mol. The van der Waals surface area contributed by atoms with Gasteiger partial charge in [-0.05, 0) is 44.2 Å². The number of amides is 1. The topological polar surface area (TPSA) is 72.2 Å². The summed E-state index contributed by atoms with van der Waals surface area (Å²) in [5.74, 6) is 1.66. The van der Waals surface area contributed by atoms with Crippen molar-refractivity contribution in [2.75, 3.05) is 6.54 Å². The molecule has 0 aliphatic heterocycles. The zero-order valence-corrected chi connectivity index (χ0v) is 15.8. The summed E-state index contributed by atoms with van der Waals surface area (Å²) in [6.07, 6.45) is 1.08. The normalized spacial score (nSPS) is 12.3. The molecule has 6 nitrogen and oxygen atoms in total. The van der Waals surface area contributed by atoms with Gasteiger partial charge in [0.15, 0.2) is 0 Å². The van der Waals surface area contributed by atoms with Gasteiger partial charge in [0.1, 0.15) is 5.82 Å². The maximum atomic E-state index is 12.3. The number of hydrogen-bond acceptors (Lipinski definition) is 4. The van der Waals surface area contributed by atoms with Crippen molar-refractivity contribution in [3.05, 3.63) is 58.7 Å². The van der Waals surface area contributed by atoms with Gasteiger partial charge in [0.2, 0.25) is 5.91 Å². The van der Waals surface area contributed by atoms with Crippen LogP contribution in [0.4, 0.5) is 0 Å². The maximum Gasteiger partial charge on any atom is 0.252 e. The molecule has 2 aromatic heterocycles. The van der Waals surface area contributed by atoms with Crippen molar-refractivity contribution in [2.45, 2.75) is 46.5 Å². The lowest BCUT2D eigenvalue weighted by Gasteiger charge is -2.14. The Hall–Kier alpha value is -2.76. The SMILES string of the molecule is Cc1nc2nc(C)c(CCC(=O)NC[C@H](C)c3ccccc3)c(C)n2n1. The summed E-state index contributed by atoms with van der Waals surface area (Å²) >= 11 is 0. The average Bonchev–Trinajstić information content (AvgIpc) is 3.00. The lowest BCUT2D eigenvalue weighted by molar-refractivity contribution is -0.121. The van der Waals surface area contributed by atoms with Gasteiger partial charge in [-0.15, -0.1) is 0 Å². The quantitative estimate of drug-likeness (QED) is 0.741. The molecule has 0 saturated heterocycles. The molecule has 0 unspecified atom stereocenters. The molecule has 2 heterocycles. The number of hydrogen-bond donors (Lipinski definition) is 1. The molecule has 1 aromatic carbocycles. The van der Waals surface area contributed by atoms with Gasteiger partial charge in [0.05, 0.1) is 0 Å². The Kier molecular flexibility index (Phi) is 5.30. The van der Waals surface area contributed by atoms with Crippen LogP contribution in [0, 0.1) is 20.8 Å². The average molecular weight is 351 g/mol. The van der Waals surface area contributed by atoms with E-state index in [1.807, 2.05) is 39.0 Å².